The van der Waals surface area contributed by atoms with Crippen molar-refractivity contribution in [2.75, 3.05) is 0 Å². The number of oxime groups is 2. The zero-order valence-electron chi connectivity index (χ0n) is 5.99. The van der Waals surface area contributed by atoms with E-state index in [0.717, 1.165) is 19.1 Å². The Hall–Kier alpha value is -1.06. The maximum atomic E-state index is 8.27. The summed E-state index contributed by atoms with van der Waals surface area (Å²) >= 11 is 0. The molecule has 58 valence electrons. The van der Waals surface area contributed by atoms with Gasteiger partial charge in [-0.25, -0.2) is 0 Å². The summed E-state index contributed by atoms with van der Waals surface area (Å²) in [6, 6.07) is 0. The summed E-state index contributed by atoms with van der Waals surface area (Å²) in [5.41, 5.74) is 0.407. The molecule has 0 bridgehead atoms. The highest BCUT2D eigenvalue weighted by Gasteiger charge is 1.93. The van der Waals surface area contributed by atoms with Crippen molar-refractivity contribution in [3.8, 4) is 0 Å². The van der Waals surface area contributed by atoms with E-state index >= 15 is 0 Å². The Morgan fingerprint density at radius 2 is 2.20 bits per heavy atom. The van der Waals surface area contributed by atoms with E-state index in [4.69, 9.17) is 10.4 Å². The molecule has 0 aromatic carbocycles. The molecule has 0 aliphatic rings. The summed E-state index contributed by atoms with van der Waals surface area (Å²) in [7, 11) is 0. The molecule has 0 atom stereocenters. The molecule has 2 N–H and O–H groups in total. The van der Waals surface area contributed by atoms with Crippen LogP contribution in [0.5, 0.6) is 0 Å². The molecule has 0 rings (SSSR count). The first-order chi connectivity index (χ1) is 4.85. The normalized spacial score (nSPS) is 12.7. The van der Waals surface area contributed by atoms with E-state index in [1.165, 1.54) is 0 Å². The molecule has 0 fully saturated rings. The molecule has 4 heteroatoms. The van der Waals surface area contributed by atoms with Crippen molar-refractivity contribution in [3.63, 3.8) is 0 Å². The number of unbranched alkanes of at least 4 members (excludes halogenated alkanes) is 1. The lowest BCUT2D eigenvalue weighted by Gasteiger charge is -1.92. The lowest BCUT2D eigenvalue weighted by atomic mass is 10.2. The highest BCUT2D eigenvalue weighted by Crippen LogP contribution is 1.94. The van der Waals surface area contributed by atoms with Gasteiger partial charge in [0.05, 0.1) is 6.21 Å². The maximum Gasteiger partial charge on any atom is 0.101 e. The molecule has 0 saturated carbocycles. The Balaban J connectivity index is 3.62. The average molecular weight is 144 g/mol. The second kappa shape index (κ2) is 6.07. The predicted molar refractivity (Wildman–Crippen MR) is 39.0 cm³/mol. The lowest BCUT2D eigenvalue weighted by Crippen LogP contribution is -1.99. The molecule has 0 heterocycles. The Morgan fingerprint density at radius 1 is 1.50 bits per heavy atom. The van der Waals surface area contributed by atoms with Crippen LogP contribution in [0.25, 0.3) is 0 Å². The van der Waals surface area contributed by atoms with E-state index in [-0.39, 0.29) is 0 Å². The van der Waals surface area contributed by atoms with Gasteiger partial charge < -0.3 is 10.4 Å². The molecule has 0 aliphatic heterocycles. The molecule has 0 unspecified atom stereocenters. The zero-order valence-corrected chi connectivity index (χ0v) is 5.99. The van der Waals surface area contributed by atoms with Crippen LogP contribution in [0.3, 0.4) is 0 Å². The Labute approximate surface area is 59.9 Å². The molecule has 0 saturated heterocycles. The van der Waals surface area contributed by atoms with E-state index in [1.54, 1.807) is 0 Å². The predicted octanol–water partition coefficient (Wildman–Crippen LogP) is 1.47. The van der Waals surface area contributed by atoms with Crippen molar-refractivity contribution >= 4 is 11.9 Å². The van der Waals surface area contributed by atoms with Crippen molar-refractivity contribution in [2.24, 2.45) is 10.3 Å². The van der Waals surface area contributed by atoms with Gasteiger partial charge in [-0.15, -0.1) is 0 Å². The van der Waals surface area contributed by atoms with Gasteiger partial charge in [0.2, 0.25) is 0 Å². The summed E-state index contributed by atoms with van der Waals surface area (Å²) in [6.45, 7) is 2.03. The summed E-state index contributed by atoms with van der Waals surface area (Å²) < 4.78 is 0. The van der Waals surface area contributed by atoms with Crippen LogP contribution in [-0.4, -0.2) is 22.3 Å². The first-order valence-electron chi connectivity index (χ1n) is 3.23. The molecule has 4 nitrogen and oxygen atoms in total. The van der Waals surface area contributed by atoms with E-state index in [0.29, 0.717) is 12.1 Å². The number of rotatable bonds is 4. The van der Waals surface area contributed by atoms with E-state index < -0.39 is 0 Å². The van der Waals surface area contributed by atoms with Crippen LogP contribution in [0.4, 0.5) is 0 Å². The van der Waals surface area contributed by atoms with Crippen molar-refractivity contribution in [1.29, 1.82) is 0 Å². The summed E-state index contributed by atoms with van der Waals surface area (Å²) in [4.78, 5) is 0. The van der Waals surface area contributed by atoms with Crippen molar-refractivity contribution in [1.82, 2.24) is 0 Å². The molecule has 0 aliphatic carbocycles. The first-order valence-corrected chi connectivity index (χ1v) is 3.23. The second-order valence-corrected chi connectivity index (χ2v) is 1.94. The van der Waals surface area contributed by atoms with Crippen LogP contribution < -0.4 is 0 Å². The number of hydrogen-bond acceptors (Lipinski definition) is 4. The van der Waals surface area contributed by atoms with Crippen LogP contribution in [0, 0.1) is 0 Å². The zero-order chi connectivity index (χ0) is 7.82. The van der Waals surface area contributed by atoms with Gasteiger partial charge >= 0.3 is 0 Å². The highest BCUT2D eigenvalue weighted by atomic mass is 16.4. The quantitative estimate of drug-likeness (QED) is 0.356. The van der Waals surface area contributed by atoms with Gasteiger partial charge in [0.1, 0.15) is 5.71 Å². The lowest BCUT2D eigenvalue weighted by molar-refractivity contribution is 0.314. The van der Waals surface area contributed by atoms with Crippen LogP contribution in [0.1, 0.15) is 26.2 Å². The molecular weight excluding hydrogens is 132 g/mol. The van der Waals surface area contributed by atoms with Crippen molar-refractivity contribution < 1.29 is 10.4 Å². The van der Waals surface area contributed by atoms with Crippen LogP contribution in [0.2, 0.25) is 0 Å². The minimum atomic E-state index is 0.407. The van der Waals surface area contributed by atoms with Crippen LogP contribution in [-0.2, 0) is 0 Å². The van der Waals surface area contributed by atoms with Gasteiger partial charge in [-0.3, -0.25) is 0 Å². The molecule has 10 heavy (non-hydrogen) atoms. The summed E-state index contributed by atoms with van der Waals surface area (Å²) in [5, 5.41) is 22.0. The SMILES string of the molecule is CCCCC(C=NO)=NO. The van der Waals surface area contributed by atoms with Crippen LogP contribution in [0.15, 0.2) is 10.3 Å². The average Bonchev–Trinajstić information content (AvgIpc) is 1.98. The Bertz CT molecular complexity index is 132. The summed E-state index contributed by atoms with van der Waals surface area (Å²) in [6.07, 6.45) is 3.75. The fraction of sp³-hybridized carbons (Fsp3) is 0.667. The molecule has 0 aromatic heterocycles. The van der Waals surface area contributed by atoms with Gasteiger partial charge in [0.15, 0.2) is 0 Å². The fourth-order valence-corrected chi connectivity index (χ4v) is 0.565. The topological polar surface area (TPSA) is 65.2 Å². The van der Waals surface area contributed by atoms with Gasteiger partial charge in [0.25, 0.3) is 0 Å². The number of nitrogens with zero attached hydrogens (tertiary/aromatic N) is 2. The largest absolute Gasteiger partial charge is 0.411 e. The monoisotopic (exact) mass is 144 g/mol. The first kappa shape index (κ1) is 8.94. The molecule has 0 aromatic rings. The van der Waals surface area contributed by atoms with Gasteiger partial charge in [-0.05, 0) is 12.8 Å². The molecule has 0 amide bonds. The Morgan fingerprint density at radius 3 is 2.60 bits per heavy atom. The fourth-order valence-electron chi connectivity index (χ4n) is 0.565. The van der Waals surface area contributed by atoms with Crippen molar-refractivity contribution in [3.05, 3.63) is 0 Å². The van der Waals surface area contributed by atoms with E-state index in [1.807, 2.05) is 6.92 Å². The van der Waals surface area contributed by atoms with Gasteiger partial charge in [0, 0.05) is 0 Å². The highest BCUT2D eigenvalue weighted by molar-refractivity contribution is 6.30. The molecule has 0 spiro atoms. The van der Waals surface area contributed by atoms with Gasteiger partial charge in [-0.2, -0.15) is 0 Å². The minimum Gasteiger partial charge on any atom is -0.411 e. The van der Waals surface area contributed by atoms with Gasteiger partial charge in [-0.1, -0.05) is 23.7 Å². The third-order valence-corrected chi connectivity index (χ3v) is 1.12. The third-order valence-electron chi connectivity index (χ3n) is 1.12. The van der Waals surface area contributed by atoms with E-state index in [9.17, 15) is 0 Å². The van der Waals surface area contributed by atoms with Crippen molar-refractivity contribution in [2.45, 2.75) is 26.2 Å². The molecular formula is C6H12N2O2. The molecule has 0 radical (unpaired) electrons. The van der Waals surface area contributed by atoms with Crippen LogP contribution >= 0.6 is 0 Å². The summed E-state index contributed by atoms with van der Waals surface area (Å²) in [5.74, 6) is 0. The third kappa shape index (κ3) is 3.88. The number of hydrogen-bond donors (Lipinski definition) is 2. The standard InChI is InChI=1S/C6H12N2O2/c1-2-3-4-6(8-10)5-7-9/h5,9-10H,2-4H2,1H3. The maximum absolute atomic E-state index is 8.27. The van der Waals surface area contributed by atoms with E-state index in [2.05, 4.69) is 10.3 Å². The Kier molecular flexibility index (Phi) is 5.42. The second-order valence-electron chi connectivity index (χ2n) is 1.94. The smallest absolute Gasteiger partial charge is 0.101 e. The minimum absolute atomic E-state index is 0.407.